The topological polar surface area (TPSA) is 66.5 Å². The van der Waals surface area contributed by atoms with Gasteiger partial charge >= 0.3 is 0 Å². The van der Waals surface area contributed by atoms with Gasteiger partial charge in [0.15, 0.2) is 5.69 Å². The summed E-state index contributed by atoms with van der Waals surface area (Å²) in [5.41, 5.74) is 2.05. The van der Waals surface area contributed by atoms with Crippen molar-refractivity contribution in [3.05, 3.63) is 35.8 Å². The Morgan fingerprint density at radius 3 is 2.68 bits per heavy atom. The van der Waals surface area contributed by atoms with Crippen LogP contribution in [0.3, 0.4) is 0 Å². The van der Waals surface area contributed by atoms with Gasteiger partial charge < -0.3 is 5.32 Å². The lowest BCUT2D eigenvalue weighted by Crippen LogP contribution is -2.12. The lowest BCUT2D eigenvalue weighted by Gasteiger charge is -2.13. The second-order valence-electron chi connectivity index (χ2n) is 5.42. The molecule has 0 amide bonds. The van der Waals surface area contributed by atoms with Crippen LogP contribution < -0.4 is 5.32 Å². The van der Waals surface area contributed by atoms with Crippen LogP contribution in [0.15, 0.2) is 24.4 Å². The van der Waals surface area contributed by atoms with Gasteiger partial charge in [-0.1, -0.05) is 20.8 Å². The molecule has 1 N–H and O–H groups in total. The van der Waals surface area contributed by atoms with E-state index >= 15 is 0 Å². The molecular weight excluding hydrogens is 238 g/mol. The molecule has 0 saturated heterocycles. The van der Waals surface area contributed by atoms with Crippen molar-refractivity contribution in [3.8, 4) is 6.07 Å². The zero-order valence-corrected chi connectivity index (χ0v) is 11.6. The van der Waals surface area contributed by atoms with Crippen LogP contribution in [0, 0.1) is 11.3 Å². The van der Waals surface area contributed by atoms with E-state index in [4.69, 9.17) is 5.26 Å². The van der Waals surface area contributed by atoms with Crippen molar-refractivity contribution in [2.45, 2.75) is 26.2 Å². The minimum Gasteiger partial charge on any atom is -0.338 e. The second kappa shape index (κ2) is 4.73. The van der Waals surface area contributed by atoms with Crippen LogP contribution in [0.2, 0.25) is 0 Å². The molecule has 2 rings (SSSR count). The molecule has 5 heteroatoms. The van der Waals surface area contributed by atoms with E-state index in [0.29, 0.717) is 11.4 Å². The fourth-order valence-electron chi connectivity index (χ4n) is 1.68. The first-order chi connectivity index (χ1) is 8.91. The Morgan fingerprint density at radius 1 is 1.37 bits per heavy atom. The molecular formula is C14H17N5. The minimum absolute atomic E-state index is 0.00924. The summed E-state index contributed by atoms with van der Waals surface area (Å²) in [5.74, 6) is 0.842. The average molecular weight is 255 g/mol. The van der Waals surface area contributed by atoms with E-state index < -0.39 is 0 Å². The van der Waals surface area contributed by atoms with Gasteiger partial charge in [0, 0.05) is 24.7 Å². The Kier molecular flexibility index (Phi) is 3.26. The second-order valence-corrected chi connectivity index (χ2v) is 5.42. The van der Waals surface area contributed by atoms with E-state index in [9.17, 15) is 0 Å². The molecule has 19 heavy (non-hydrogen) atoms. The highest BCUT2D eigenvalue weighted by molar-refractivity contribution is 5.62. The number of aryl methyl sites for hydroxylation is 1. The Labute approximate surface area is 112 Å². The molecule has 0 unspecified atom stereocenters. The average Bonchev–Trinajstić information content (AvgIpc) is 2.72. The maximum absolute atomic E-state index is 9.03. The lowest BCUT2D eigenvalue weighted by atomic mass is 9.92. The predicted molar refractivity (Wildman–Crippen MR) is 74.1 cm³/mol. The highest BCUT2D eigenvalue weighted by Crippen LogP contribution is 2.25. The zero-order chi connectivity index (χ0) is 14.0. The molecule has 0 aromatic carbocycles. The normalized spacial score (nSPS) is 11.1. The van der Waals surface area contributed by atoms with Gasteiger partial charge in [-0.3, -0.25) is 4.68 Å². The standard InChI is InChI=1S/C14H17N5/c1-14(2,3)12-8-13(19(4)18-12)17-10-6-5-7-16-11(10)9-15/h5-8,17H,1-4H3. The maximum atomic E-state index is 9.03. The van der Waals surface area contributed by atoms with Gasteiger partial charge in [0.1, 0.15) is 11.9 Å². The smallest absolute Gasteiger partial charge is 0.163 e. The molecule has 0 aliphatic rings. The third-order valence-corrected chi connectivity index (χ3v) is 2.82. The maximum Gasteiger partial charge on any atom is 0.163 e. The van der Waals surface area contributed by atoms with Crippen LogP contribution >= 0.6 is 0 Å². The molecule has 0 aliphatic heterocycles. The highest BCUT2D eigenvalue weighted by Gasteiger charge is 2.19. The summed E-state index contributed by atoms with van der Waals surface area (Å²) in [6.07, 6.45) is 1.60. The summed E-state index contributed by atoms with van der Waals surface area (Å²) in [6.45, 7) is 6.34. The molecule has 0 fully saturated rings. The summed E-state index contributed by atoms with van der Waals surface area (Å²) < 4.78 is 1.77. The van der Waals surface area contributed by atoms with Gasteiger partial charge in [0.2, 0.25) is 0 Å². The van der Waals surface area contributed by atoms with Crippen LogP contribution in [-0.4, -0.2) is 14.8 Å². The van der Waals surface area contributed by atoms with Crippen molar-refractivity contribution in [1.29, 1.82) is 5.26 Å². The van der Waals surface area contributed by atoms with Crippen molar-refractivity contribution in [2.75, 3.05) is 5.32 Å². The van der Waals surface area contributed by atoms with Crippen LogP contribution in [0.1, 0.15) is 32.2 Å². The number of nitrogens with zero attached hydrogens (tertiary/aromatic N) is 4. The Bertz CT molecular complexity index is 628. The van der Waals surface area contributed by atoms with E-state index in [2.05, 4.69) is 42.2 Å². The summed E-state index contributed by atoms with van der Waals surface area (Å²) in [5, 5.41) is 16.7. The Hall–Kier alpha value is -2.35. The number of anilines is 2. The molecule has 98 valence electrons. The number of aromatic nitrogens is 3. The van der Waals surface area contributed by atoms with Crippen LogP contribution in [0.4, 0.5) is 11.5 Å². The van der Waals surface area contributed by atoms with Crippen molar-refractivity contribution < 1.29 is 0 Å². The highest BCUT2D eigenvalue weighted by atomic mass is 15.3. The van der Waals surface area contributed by atoms with Gasteiger partial charge in [-0.2, -0.15) is 10.4 Å². The van der Waals surface area contributed by atoms with Crippen molar-refractivity contribution in [2.24, 2.45) is 7.05 Å². The fraction of sp³-hybridized carbons (Fsp3) is 0.357. The van der Waals surface area contributed by atoms with E-state index in [1.807, 2.05) is 19.2 Å². The quantitative estimate of drug-likeness (QED) is 0.896. The number of nitrogens with one attached hydrogen (secondary N) is 1. The van der Waals surface area contributed by atoms with Crippen molar-refractivity contribution in [3.63, 3.8) is 0 Å². The van der Waals surface area contributed by atoms with E-state index in [1.54, 1.807) is 16.9 Å². The van der Waals surface area contributed by atoms with Crippen LogP contribution in [-0.2, 0) is 12.5 Å². The van der Waals surface area contributed by atoms with Crippen molar-refractivity contribution in [1.82, 2.24) is 14.8 Å². The molecule has 0 saturated carbocycles. The van der Waals surface area contributed by atoms with Crippen LogP contribution in [0.25, 0.3) is 0 Å². The largest absolute Gasteiger partial charge is 0.338 e. The summed E-state index contributed by atoms with van der Waals surface area (Å²) in [4.78, 5) is 4.03. The van der Waals surface area contributed by atoms with E-state index in [-0.39, 0.29) is 5.41 Å². The van der Waals surface area contributed by atoms with Gasteiger partial charge in [0.25, 0.3) is 0 Å². The first kappa shape index (κ1) is 13.1. The first-order valence-corrected chi connectivity index (χ1v) is 6.08. The van der Waals surface area contributed by atoms with Gasteiger partial charge in [-0.05, 0) is 12.1 Å². The number of hydrogen-bond acceptors (Lipinski definition) is 4. The van der Waals surface area contributed by atoms with Gasteiger partial charge in [0.05, 0.1) is 11.4 Å². The number of pyridine rings is 1. The first-order valence-electron chi connectivity index (χ1n) is 6.08. The minimum atomic E-state index is -0.00924. The van der Waals surface area contributed by atoms with Gasteiger partial charge in [-0.25, -0.2) is 4.98 Å². The lowest BCUT2D eigenvalue weighted by molar-refractivity contribution is 0.553. The summed E-state index contributed by atoms with van der Waals surface area (Å²) in [7, 11) is 1.87. The zero-order valence-electron chi connectivity index (χ0n) is 11.6. The number of rotatable bonds is 2. The molecule has 2 aromatic heterocycles. The Balaban J connectivity index is 2.35. The molecule has 0 radical (unpaired) electrons. The third kappa shape index (κ3) is 2.74. The molecule has 0 aliphatic carbocycles. The summed E-state index contributed by atoms with van der Waals surface area (Å²) in [6, 6.07) is 7.69. The number of hydrogen-bond donors (Lipinski definition) is 1. The molecule has 0 bridgehead atoms. The molecule has 2 heterocycles. The third-order valence-electron chi connectivity index (χ3n) is 2.82. The van der Waals surface area contributed by atoms with E-state index in [1.165, 1.54) is 0 Å². The van der Waals surface area contributed by atoms with E-state index in [0.717, 1.165) is 11.5 Å². The van der Waals surface area contributed by atoms with Crippen LogP contribution in [0.5, 0.6) is 0 Å². The predicted octanol–water partition coefficient (Wildman–Crippen LogP) is 2.73. The van der Waals surface area contributed by atoms with Crippen molar-refractivity contribution >= 4 is 11.5 Å². The molecule has 0 spiro atoms. The molecule has 0 atom stereocenters. The Morgan fingerprint density at radius 2 is 2.11 bits per heavy atom. The monoisotopic (exact) mass is 255 g/mol. The molecule has 5 nitrogen and oxygen atoms in total. The SMILES string of the molecule is Cn1nc(C(C)(C)C)cc1Nc1cccnc1C#N. The fourth-order valence-corrected chi connectivity index (χ4v) is 1.68. The molecule has 2 aromatic rings. The number of nitriles is 1. The van der Waals surface area contributed by atoms with Gasteiger partial charge in [-0.15, -0.1) is 0 Å². The summed E-state index contributed by atoms with van der Waals surface area (Å²) >= 11 is 0.